The van der Waals surface area contributed by atoms with E-state index in [0.717, 1.165) is 0 Å². The standard InChI is InChI=1S/C11H10Cl3N3O2/c12-5-3-6(13)10(7(14)4-5)16-17-11(19)8-1-2-9(18)15-8/h3-4,8,16H,1-2H2,(H,15,18)(H,17,19)/t8-/m1/s1. The largest absolute Gasteiger partial charge is 0.344 e. The van der Waals surface area contributed by atoms with Gasteiger partial charge in [-0.2, -0.15) is 0 Å². The van der Waals surface area contributed by atoms with E-state index < -0.39 is 6.04 Å². The van der Waals surface area contributed by atoms with Gasteiger partial charge in [0.25, 0.3) is 5.91 Å². The van der Waals surface area contributed by atoms with Crippen LogP contribution < -0.4 is 16.2 Å². The molecule has 8 heteroatoms. The first-order chi connectivity index (χ1) is 8.97. The first kappa shape index (κ1) is 14.2. The van der Waals surface area contributed by atoms with E-state index in [2.05, 4.69) is 16.2 Å². The minimum Gasteiger partial charge on any atom is -0.344 e. The lowest BCUT2D eigenvalue weighted by molar-refractivity contribution is -0.125. The van der Waals surface area contributed by atoms with Gasteiger partial charge in [0.05, 0.1) is 15.7 Å². The van der Waals surface area contributed by atoms with E-state index in [4.69, 9.17) is 34.8 Å². The smallest absolute Gasteiger partial charge is 0.260 e. The highest BCUT2D eigenvalue weighted by molar-refractivity contribution is 6.41. The van der Waals surface area contributed by atoms with Crippen molar-refractivity contribution in [2.45, 2.75) is 18.9 Å². The third kappa shape index (κ3) is 3.43. The summed E-state index contributed by atoms with van der Waals surface area (Å²) in [6.07, 6.45) is 0.814. The van der Waals surface area contributed by atoms with Crippen LogP contribution in [-0.4, -0.2) is 17.9 Å². The van der Waals surface area contributed by atoms with E-state index in [1.165, 1.54) is 12.1 Å². The predicted octanol–water partition coefficient (Wildman–Crippen LogP) is 2.37. The maximum absolute atomic E-state index is 11.8. The van der Waals surface area contributed by atoms with Gasteiger partial charge in [-0.1, -0.05) is 34.8 Å². The van der Waals surface area contributed by atoms with Gasteiger partial charge in [0.1, 0.15) is 6.04 Å². The number of anilines is 1. The molecule has 1 aromatic rings. The summed E-state index contributed by atoms with van der Waals surface area (Å²) < 4.78 is 0. The summed E-state index contributed by atoms with van der Waals surface area (Å²) in [6.45, 7) is 0. The van der Waals surface area contributed by atoms with Gasteiger partial charge < -0.3 is 5.32 Å². The fraction of sp³-hybridized carbons (Fsp3) is 0.273. The van der Waals surface area contributed by atoms with E-state index in [1.807, 2.05) is 0 Å². The number of carbonyl (C=O) groups excluding carboxylic acids is 2. The number of nitrogens with one attached hydrogen (secondary N) is 3. The third-order valence-corrected chi connectivity index (χ3v) is 3.44. The molecule has 0 radical (unpaired) electrons. The quantitative estimate of drug-likeness (QED) is 0.748. The van der Waals surface area contributed by atoms with Crippen molar-refractivity contribution in [3.63, 3.8) is 0 Å². The van der Waals surface area contributed by atoms with E-state index in [9.17, 15) is 9.59 Å². The van der Waals surface area contributed by atoms with Crippen LogP contribution in [0.4, 0.5) is 5.69 Å². The third-order valence-electron chi connectivity index (χ3n) is 2.63. The molecule has 0 bridgehead atoms. The van der Waals surface area contributed by atoms with Crippen molar-refractivity contribution >= 4 is 52.3 Å². The number of carbonyl (C=O) groups is 2. The second-order valence-corrected chi connectivity index (χ2v) is 5.27. The van der Waals surface area contributed by atoms with Crippen LogP contribution in [0.3, 0.4) is 0 Å². The Kier molecular flexibility index (Phi) is 4.39. The minimum atomic E-state index is -0.537. The molecule has 1 saturated heterocycles. The molecular formula is C11H10Cl3N3O2. The molecule has 0 spiro atoms. The number of amides is 2. The summed E-state index contributed by atoms with van der Waals surface area (Å²) in [5, 5.41) is 3.52. The molecule has 1 aliphatic rings. The minimum absolute atomic E-state index is 0.136. The average Bonchev–Trinajstić information content (AvgIpc) is 2.74. The molecule has 1 heterocycles. The Hall–Kier alpha value is -1.17. The monoisotopic (exact) mass is 321 g/mol. The Bertz CT molecular complexity index is 513. The normalized spacial score (nSPS) is 18.1. The Morgan fingerprint density at radius 1 is 1.26 bits per heavy atom. The van der Waals surface area contributed by atoms with Crippen molar-refractivity contribution in [3.05, 3.63) is 27.2 Å². The molecule has 0 aromatic heterocycles. The van der Waals surface area contributed by atoms with Crippen LogP contribution in [0.2, 0.25) is 15.1 Å². The Morgan fingerprint density at radius 2 is 1.89 bits per heavy atom. The van der Waals surface area contributed by atoms with E-state index in [-0.39, 0.29) is 21.9 Å². The molecular weight excluding hydrogens is 312 g/mol. The van der Waals surface area contributed by atoms with Gasteiger partial charge >= 0.3 is 0 Å². The molecule has 1 fully saturated rings. The molecule has 2 amide bonds. The summed E-state index contributed by atoms with van der Waals surface area (Å²) >= 11 is 17.7. The highest BCUT2D eigenvalue weighted by Crippen LogP contribution is 2.33. The maximum Gasteiger partial charge on any atom is 0.260 e. The first-order valence-corrected chi connectivity index (χ1v) is 6.60. The summed E-state index contributed by atoms with van der Waals surface area (Å²) in [7, 11) is 0. The lowest BCUT2D eigenvalue weighted by Gasteiger charge is -2.14. The summed E-state index contributed by atoms with van der Waals surface area (Å²) in [5.41, 5.74) is 5.43. The lowest BCUT2D eigenvalue weighted by atomic mass is 10.2. The molecule has 3 N–H and O–H groups in total. The van der Waals surface area contributed by atoms with Gasteiger partial charge in [-0.05, 0) is 18.6 Å². The number of hydrazine groups is 1. The fourth-order valence-electron chi connectivity index (χ4n) is 1.68. The van der Waals surface area contributed by atoms with Crippen molar-refractivity contribution in [1.82, 2.24) is 10.7 Å². The lowest BCUT2D eigenvalue weighted by Crippen LogP contribution is -2.44. The number of rotatable bonds is 3. The van der Waals surface area contributed by atoms with Gasteiger partial charge in [0.2, 0.25) is 5.91 Å². The highest BCUT2D eigenvalue weighted by Gasteiger charge is 2.27. The van der Waals surface area contributed by atoms with Crippen molar-refractivity contribution in [1.29, 1.82) is 0 Å². The van der Waals surface area contributed by atoms with Crippen LogP contribution in [0.1, 0.15) is 12.8 Å². The molecule has 2 rings (SSSR count). The molecule has 0 aliphatic carbocycles. The molecule has 1 aromatic carbocycles. The van der Waals surface area contributed by atoms with Crippen molar-refractivity contribution in [2.75, 3.05) is 5.43 Å². The number of benzene rings is 1. The Morgan fingerprint density at radius 3 is 2.42 bits per heavy atom. The van der Waals surface area contributed by atoms with Crippen LogP contribution in [0.5, 0.6) is 0 Å². The van der Waals surface area contributed by atoms with Gasteiger partial charge in [0.15, 0.2) is 0 Å². The zero-order valence-corrected chi connectivity index (χ0v) is 11.9. The highest BCUT2D eigenvalue weighted by atomic mass is 35.5. The van der Waals surface area contributed by atoms with Crippen molar-refractivity contribution in [2.24, 2.45) is 0 Å². The molecule has 5 nitrogen and oxygen atoms in total. The van der Waals surface area contributed by atoms with Gasteiger partial charge in [-0.15, -0.1) is 0 Å². The topological polar surface area (TPSA) is 70.2 Å². The zero-order valence-electron chi connectivity index (χ0n) is 9.60. The summed E-state index contributed by atoms with van der Waals surface area (Å²) in [6, 6.07) is 2.46. The first-order valence-electron chi connectivity index (χ1n) is 5.47. The SMILES string of the molecule is O=C1CC[C@H](C(=O)NNc2c(Cl)cc(Cl)cc2Cl)N1. The predicted molar refractivity (Wildman–Crippen MR) is 74.4 cm³/mol. The van der Waals surface area contributed by atoms with E-state index in [1.54, 1.807) is 0 Å². The van der Waals surface area contributed by atoms with E-state index in [0.29, 0.717) is 23.6 Å². The van der Waals surface area contributed by atoms with Crippen LogP contribution >= 0.6 is 34.8 Å². The van der Waals surface area contributed by atoms with Gasteiger partial charge in [-0.3, -0.25) is 20.4 Å². The summed E-state index contributed by atoms with van der Waals surface area (Å²) in [5.74, 6) is -0.490. The van der Waals surface area contributed by atoms with Crippen molar-refractivity contribution in [3.8, 4) is 0 Å². The molecule has 102 valence electrons. The van der Waals surface area contributed by atoms with Gasteiger partial charge in [-0.25, -0.2) is 0 Å². The summed E-state index contributed by atoms with van der Waals surface area (Å²) in [4.78, 5) is 22.8. The Labute approximate surface area is 124 Å². The van der Waals surface area contributed by atoms with Crippen LogP contribution in [0.15, 0.2) is 12.1 Å². The number of halogens is 3. The Balaban J connectivity index is 1.99. The molecule has 0 saturated carbocycles. The molecule has 0 unspecified atom stereocenters. The van der Waals surface area contributed by atoms with Crippen LogP contribution in [-0.2, 0) is 9.59 Å². The molecule has 1 aliphatic heterocycles. The maximum atomic E-state index is 11.8. The fourth-order valence-corrected chi connectivity index (χ4v) is 2.60. The number of hydrogen-bond donors (Lipinski definition) is 3. The van der Waals surface area contributed by atoms with Crippen LogP contribution in [0, 0.1) is 0 Å². The molecule has 1 atom stereocenters. The van der Waals surface area contributed by atoms with E-state index >= 15 is 0 Å². The zero-order chi connectivity index (χ0) is 14.0. The second kappa shape index (κ2) is 5.86. The van der Waals surface area contributed by atoms with Gasteiger partial charge in [0, 0.05) is 11.4 Å². The molecule has 19 heavy (non-hydrogen) atoms. The average molecular weight is 323 g/mol. The van der Waals surface area contributed by atoms with Crippen molar-refractivity contribution < 1.29 is 9.59 Å². The number of hydrogen-bond acceptors (Lipinski definition) is 3. The second-order valence-electron chi connectivity index (χ2n) is 4.02. The van der Waals surface area contributed by atoms with Crippen LogP contribution in [0.25, 0.3) is 0 Å².